The van der Waals surface area contributed by atoms with Crippen molar-refractivity contribution in [3.05, 3.63) is 82.3 Å². The Bertz CT molecular complexity index is 1010. The Labute approximate surface area is 185 Å². The number of aromatic nitrogens is 1. The van der Waals surface area contributed by atoms with E-state index in [4.69, 9.17) is 4.74 Å². The van der Waals surface area contributed by atoms with Crippen molar-refractivity contribution in [3.8, 4) is 5.75 Å². The third kappa shape index (κ3) is 5.49. The standard InChI is InChI=1S/C24H25N3O3S/c28-23(21-10-2-4-13-27(21)24(29)22-11-6-14-31-22)26-16-18-7-5-9-20(15-18)30-17-19-8-1-3-12-25-19/h1,3,5-9,11-12,14-15,21H,2,4,10,13,16-17H2,(H,26,28). The van der Waals surface area contributed by atoms with E-state index in [0.717, 1.165) is 29.8 Å². The average Bonchev–Trinajstić information content (AvgIpc) is 3.37. The van der Waals surface area contributed by atoms with Gasteiger partial charge in [-0.05, 0) is 60.5 Å². The number of likely N-dealkylation sites (tertiary alicyclic amines) is 1. The van der Waals surface area contributed by atoms with Crippen LogP contribution in [0.1, 0.15) is 40.2 Å². The summed E-state index contributed by atoms with van der Waals surface area (Å²) in [5.41, 5.74) is 1.80. The highest BCUT2D eigenvalue weighted by atomic mass is 32.1. The van der Waals surface area contributed by atoms with Crippen molar-refractivity contribution in [2.75, 3.05) is 6.54 Å². The normalized spacial score (nSPS) is 16.0. The van der Waals surface area contributed by atoms with Gasteiger partial charge in [-0.3, -0.25) is 14.6 Å². The van der Waals surface area contributed by atoms with Crippen molar-refractivity contribution in [1.82, 2.24) is 15.2 Å². The first kappa shape index (κ1) is 21.1. The number of nitrogens with one attached hydrogen (secondary N) is 1. The number of piperidine rings is 1. The molecule has 1 aromatic carbocycles. The molecule has 1 aliphatic rings. The van der Waals surface area contributed by atoms with Gasteiger partial charge in [-0.2, -0.15) is 0 Å². The first-order valence-corrected chi connectivity index (χ1v) is 11.3. The number of ether oxygens (including phenoxy) is 1. The molecule has 0 spiro atoms. The number of nitrogens with zero attached hydrogens (tertiary/aromatic N) is 2. The van der Waals surface area contributed by atoms with Crippen LogP contribution in [0.15, 0.2) is 66.2 Å². The van der Waals surface area contributed by atoms with E-state index in [-0.39, 0.29) is 11.8 Å². The number of rotatable bonds is 7. The zero-order valence-electron chi connectivity index (χ0n) is 17.2. The van der Waals surface area contributed by atoms with E-state index in [0.29, 0.717) is 31.0 Å². The summed E-state index contributed by atoms with van der Waals surface area (Å²) in [6.07, 6.45) is 4.30. The molecule has 4 rings (SSSR count). The van der Waals surface area contributed by atoms with Gasteiger partial charge in [-0.15, -0.1) is 11.3 Å². The average molecular weight is 436 g/mol. The maximum Gasteiger partial charge on any atom is 0.264 e. The monoisotopic (exact) mass is 435 g/mol. The molecule has 6 nitrogen and oxygen atoms in total. The van der Waals surface area contributed by atoms with E-state index in [1.165, 1.54) is 11.3 Å². The maximum atomic E-state index is 12.9. The van der Waals surface area contributed by atoms with Crippen LogP contribution >= 0.6 is 11.3 Å². The molecular weight excluding hydrogens is 410 g/mol. The summed E-state index contributed by atoms with van der Waals surface area (Å²) in [7, 11) is 0. The molecule has 0 saturated carbocycles. The zero-order valence-corrected chi connectivity index (χ0v) is 18.0. The Kier molecular flexibility index (Phi) is 6.94. The van der Waals surface area contributed by atoms with Crippen molar-refractivity contribution in [2.45, 2.75) is 38.5 Å². The lowest BCUT2D eigenvalue weighted by atomic mass is 10.0. The van der Waals surface area contributed by atoms with E-state index in [9.17, 15) is 9.59 Å². The number of carbonyl (C=O) groups is 2. The third-order valence-corrected chi connectivity index (χ3v) is 6.13. The predicted octanol–water partition coefficient (Wildman–Crippen LogP) is 4.03. The van der Waals surface area contributed by atoms with Gasteiger partial charge < -0.3 is 15.0 Å². The van der Waals surface area contributed by atoms with Crippen molar-refractivity contribution >= 4 is 23.2 Å². The van der Waals surface area contributed by atoms with Gasteiger partial charge >= 0.3 is 0 Å². The lowest BCUT2D eigenvalue weighted by Gasteiger charge is -2.34. The van der Waals surface area contributed by atoms with E-state index in [1.54, 1.807) is 11.1 Å². The Balaban J connectivity index is 1.34. The van der Waals surface area contributed by atoms with Crippen molar-refractivity contribution in [3.63, 3.8) is 0 Å². The van der Waals surface area contributed by atoms with Crippen LogP contribution in [0.4, 0.5) is 0 Å². The second-order valence-corrected chi connectivity index (χ2v) is 8.41. The molecule has 0 radical (unpaired) electrons. The van der Waals surface area contributed by atoms with E-state index < -0.39 is 6.04 Å². The van der Waals surface area contributed by atoms with Gasteiger partial charge in [0.2, 0.25) is 5.91 Å². The highest BCUT2D eigenvalue weighted by molar-refractivity contribution is 7.12. The fraction of sp³-hybridized carbons (Fsp3) is 0.292. The van der Waals surface area contributed by atoms with Gasteiger partial charge in [0.05, 0.1) is 10.6 Å². The minimum Gasteiger partial charge on any atom is -0.487 e. The highest BCUT2D eigenvalue weighted by Crippen LogP contribution is 2.22. The Morgan fingerprint density at radius 2 is 2.06 bits per heavy atom. The molecule has 1 saturated heterocycles. The molecule has 1 N–H and O–H groups in total. The van der Waals surface area contributed by atoms with Crippen LogP contribution in [0.25, 0.3) is 0 Å². The summed E-state index contributed by atoms with van der Waals surface area (Å²) in [5.74, 6) is 0.564. The van der Waals surface area contributed by atoms with Gasteiger partial charge in [0.25, 0.3) is 5.91 Å². The fourth-order valence-electron chi connectivity index (χ4n) is 3.68. The second kappa shape index (κ2) is 10.2. The number of thiophene rings is 1. The quantitative estimate of drug-likeness (QED) is 0.608. The molecule has 2 amide bonds. The number of carbonyl (C=O) groups excluding carboxylic acids is 2. The topological polar surface area (TPSA) is 71.5 Å². The summed E-state index contributed by atoms with van der Waals surface area (Å²) >= 11 is 1.41. The number of amides is 2. The van der Waals surface area contributed by atoms with Gasteiger partial charge in [0, 0.05) is 19.3 Å². The van der Waals surface area contributed by atoms with Crippen LogP contribution in [0.5, 0.6) is 5.75 Å². The predicted molar refractivity (Wildman–Crippen MR) is 120 cm³/mol. The van der Waals surface area contributed by atoms with Gasteiger partial charge in [-0.25, -0.2) is 0 Å². The van der Waals surface area contributed by atoms with E-state index >= 15 is 0 Å². The van der Waals surface area contributed by atoms with Crippen LogP contribution in [-0.4, -0.2) is 34.3 Å². The summed E-state index contributed by atoms with van der Waals surface area (Å²) in [4.78, 5) is 32.4. The number of pyridine rings is 1. The largest absolute Gasteiger partial charge is 0.487 e. The lowest BCUT2D eigenvalue weighted by Crippen LogP contribution is -2.51. The summed E-state index contributed by atoms with van der Waals surface area (Å²) in [6.45, 7) is 1.39. The Hall–Kier alpha value is -3.19. The molecular formula is C24H25N3O3S. The molecule has 0 aliphatic carbocycles. The molecule has 2 aromatic heterocycles. The highest BCUT2D eigenvalue weighted by Gasteiger charge is 2.32. The molecule has 0 bridgehead atoms. The molecule has 1 unspecified atom stereocenters. The lowest BCUT2D eigenvalue weighted by molar-refractivity contribution is -0.126. The molecule has 7 heteroatoms. The van der Waals surface area contributed by atoms with Crippen LogP contribution < -0.4 is 10.1 Å². The molecule has 31 heavy (non-hydrogen) atoms. The minimum atomic E-state index is -0.424. The number of hydrogen-bond acceptors (Lipinski definition) is 5. The van der Waals surface area contributed by atoms with E-state index in [2.05, 4.69) is 10.3 Å². The van der Waals surface area contributed by atoms with Crippen LogP contribution in [0, 0.1) is 0 Å². The van der Waals surface area contributed by atoms with Crippen LogP contribution in [-0.2, 0) is 17.9 Å². The maximum absolute atomic E-state index is 12.9. The van der Waals surface area contributed by atoms with Gasteiger partial charge in [-0.1, -0.05) is 24.3 Å². The zero-order chi connectivity index (χ0) is 21.5. The Morgan fingerprint density at radius 3 is 2.87 bits per heavy atom. The minimum absolute atomic E-state index is 0.0558. The number of benzene rings is 1. The summed E-state index contributed by atoms with van der Waals surface area (Å²) in [6, 6.07) is 16.6. The first-order chi connectivity index (χ1) is 15.2. The van der Waals surface area contributed by atoms with E-state index in [1.807, 2.05) is 60.0 Å². The summed E-state index contributed by atoms with van der Waals surface area (Å²) in [5, 5.41) is 4.89. The van der Waals surface area contributed by atoms with Crippen molar-refractivity contribution in [2.24, 2.45) is 0 Å². The summed E-state index contributed by atoms with van der Waals surface area (Å²) < 4.78 is 5.82. The van der Waals surface area contributed by atoms with Gasteiger partial charge in [0.1, 0.15) is 18.4 Å². The third-order valence-electron chi connectivity index (χ3n) is 5.28. The number of hydrogen-bond donors (Lipinski definition) is 1. The first-order valence-electron chi connectivity index (χ1n) is 10.4. The second-order valence-electron chi connectivity index (χ2n) is 7.46. The van der Waals surface area contributed by atoms with Crippen molar-refractivity contribution < 1.29 is 14.3 Å². The van der Waals surface area contributed by atoms with Gasteiger partial charge in [0.15, 0.2) is 0 Å². The molecule has 160 valence electrons. The molecule has 3 heterocycles. The molecule has 1 fully saturated rings. The fourth-order valence-corrected chi connectivity index (χ4v) is 4.36. The smallest absolute Gasteiger partial charge is 0.264 e. The Morgan fingerprint density at radius 1 is 1.13 bits per heavy atom. The molecule has 3 aromatic rings. The molecule has 1 atom stereocenters. The SMILES string of the molecule is O=C(NCc1cccc(OCc2ccccn2)c1)C1CCCCN1C(=O)c1cccs1. The van der Waals surface area contributed by atoms with Crippen LogP contribution in [0.3, 0.4) is 0 Å². The van der Waals surface area contributed by atoms with Crippen LogP contribution in [0.2, 0.25) is 0 Å². The molecule has 1 aliphatic heterocycles. The van der Waals surface area contributed by atoms with Crippen molar-refractivity contribution in [1.29, 1.82) is 0 Å².